The van der Waals surface area contributed by atoms with Crippen LogP contribution in [-0.4, -0.2) is 35.7 Å². The molecule has 0 aromatic carbocycles. The van der Waals surface area contributed by atoms with Crippen LogP contribution in [0.15, 0.2) is 24.5 Å². The first-order valence-corrected chi connectivity index (χ1v) is 8.54. The normalized spacial score (nSPS) is 17.8. The molecule has 1 heterocycles. The average Bonchev–Trinajstić information content (AvgIpc) is 2.61. The van der Waals surface area contributed by atoms with Gasteiger partial charge in [-0.1, -0.05) is 25.3 Å². The Labute approximate surface area is 142 Å². The van der Waals surface area contributed by atoms with Gasteiger partial charge in [-0.05, 0) is 32.8 Å². The van der Waals surface area contributed by atoms with Crippen LogP contribution < -0.4 is 0 Å². The van der Waals surface area contributed by atoms with Gasteiger partial charge in [0.1, 0.15) is 0 Å². The summed E-state index contributed by atoms with van der Waals surface area (Å²) >= 11 is 0. The van der Waals surface area contributed by atoms with Gasteiger partial charge in [0.25, 0.3) is 0 Å². The van der Waals surface area contributed by atoms with Crippen molar-refractivity contribution in [2.24, 2.45) is 0 Å². The number of pyridine rings is 1. The van der Waals surface area contributed by atoms with Crippen molar-refractivity contribution in [1.29, 1.82) is 0 Å². The average molecular weight is 335 g/mol. The maximum absolute atomic E-state index is 12.3. The molecule has 1 aliphatic rings. The van der Waals surface area contributed by atoms with E-state index in [1.807, 2.05) is 0 Å². The molecular weight excluding hydrogens is 310 g/mol. The zero-order valence-electron chi connectivity index (χ0n) is 14.3. The first-order valence-electron chi connectivity index (χ1n) is 8.54. The molecule has 2 atom stereocenters. The van der Waals surface area contributed by atoms with Crippen LogP contribution in [-0.2, 0) is 23.8 Å². The van der Waals surface area contributed by atoms with Crippen molar-refractivity contribution < 1.29 is 23.8 Å². The molecule has 1 fully saturated rings. The summed E-state index contributed by atoms with van der Waals surface area (Å²) in [7, 11) is 0. The molecule has 2 rings (SSSR count). The van der Waals surface area contributed by atoms with Crippen molar-refractivity contribution in [2.75, 3.05) is 6.61 Å². The Kier molecular flexibility index (Phi) is 7.18. The molecule has 6 heteroatoms. The van der Waals surface area contributed by atoms with Gasteiger partial charge in [0.15, 0.2) is 6.10 Å². The topological polar surface area (TPSA) is 74.7 Å². The Morgan fingerprint density at radius 3 is 2.62 bits per heavy atom. The third-order valence-electron chi connectivity index (χ3n) is 4.00. The first kappa shape index (κ1) is 18.4. The number of rotatable bonds is 7. The number of carbonyl (C=O) groups excluding carboxylic acids is 2. The highest BCUT2D eigenvalue weighted by molar-refractivity contribution is 5.82. The standard InChI is InChI=1S/C18H25NO5/c1-3-22-18(21)16(14-8-7-11-19-12-14)24-17(20)13(2)23-15-9-5-4-6-10-15/h7-8,11-13,15-16H,3-6,9-10H2,1-2H3/t13-,16-/m1/s1. The molecule has 0 radical (unpaired) electrons. The van der Waals surface area contributed by atoms with Crippen LogP contribution in [0.2, 0.25) is 0 Å². The van der Waals surface area contributed by atoms with Crippen molar-refractivity contribution in [2.45, 2.75) is 64.3 Å². The molecule has 0 spiro atoms. The van der Waals surface area contributed by atoms with Crippen molar-refractivity contribution in [1.82, 2.24) is 4.98 Å². The smallest absolute Gasteiger partial charge is 0.352 e. The molecule has 24 heavy (non-hydrogen) atoms. The van der Waals surface area contributed by atoms with E-state index < -0.39 is 24.1 Å². The number of hydrogen-bond acceptors (Lipinski definition) is 6. The van der Waals surface area contributed by atoms with Gasteiger partial charge in [0.05, 0.1) is 12.7 Å². The maximum atomic E-state index is 12.3. The second-order valence-electron chi connectivity index (χ2n) is 5.89. The molecule has 1 saturated carbocycles. The van der Waals surface area contributed by atoms with Gasteiger partial charge in [-0.3, -0.25) is 4.98 Å². The molecule has 132 valence electrons. The lowest BCUT2D eigenvalue weighted by atomic mass is 9.98. The van der Waals surface area contributed by atoms with E-state index in [0.717, 1.165) is 25.7 Å². The van der Waals surface area contributed by atoms with Crippen LogP contribution in [0.4, 0.5) is 0 Å². The Hall–Kier alpha value is -1.95. The summed E-state index contributed by atoms with van der Waals surface area (Å²) in [6.45, 7) is 3.57. The van der Waals surface area contributed by atoms with E-state index in [2.05, 4.69) is 4.98 Å². The van der Waals surface area contributed by atoms with Gasteiger partial charge >= 0.3 is 11.9 Å². The molecule has 1 aromatic heterocycles. The third-order valence-corrected chi connectivity index (χ3v) is 4.00. The summed E-state index contributed by atoms with van der Waals surface area (Å²) in [4.78, 5) is 28.4. The predicted octanol–water partition coefficient (Wildman–Crippen LogP) is 2.97. The van der Waals surface area contributed by atoms with Crippen molar-refractivity contribution in [3.63, 3.8) is 0 Å². The van der Waals surface area contributed by atoms with Crippen LogP contribution in [0.5, 0.6) is 0 Å². The van der Waals surface area contributed by atoms with Crippen LogP contribution >= 0.6 is 0 Å². The molecule has 0 amide bonds. The SMILES string of the molecule is CCOC(=O)[C@H](OC(=O)[C@@H](C)OC1CCCCC1)c1cccnc1. The molecule has 6 nitrogen and oxygen atoms in total. The molecule has 1 aliphatic carbocycles. The number of carbonyl (C=O) groups is 2. The molecule has 1 aromatic rings. The highest BCUT2D eigenvalue weighted by Gasteiger charge is 2.30. The van der Waals surface area contributed by atoms with Crippen LogP contribution in [0, 0.1) is 0 Å². The van der Waals surface area contributed by atoms with E-state index >= 15 is 0 Å². The van der Waals surface area contributed by atoms with Crippen LogP contribution in [0.1, 0.15) is 57.6 Å². The molecular formula is C18H25NO5. The third kappa shape index (κ3) is 5.30. The van der Waals surface area contributed by atoms with Crippen LogP contribution in [0.3, 0.4) is 0 Å². The largest absolute Gasteiger partial charge is 0.463 e. The number of ether oxygens (including phenoxy) is 3. The number of esters is 2. The quantitative estimate of drug-likeness (QED) is 0.713. The predicted molar refractivity (Wildman–Crippen MR) is 87.1 cm³/mol. The highest BCUT2D eigenvalue weighted by Crippen LogP contribution is 2.23. The van der Waals surface area contributed by atoms with E-state index in [9.17, 15) is 9.59 Å². The van der Waals surface area contributed by atoms with E-state index in [0.29, 0.717) is 5.56 Å². The van der Waals surface area contributed by atoms with Gasteiger partial charge in [-0.2, -0.15) is 0 Å². The maximum Gasteiger partial charge on any atom is 0.352 e. The summed E-state index contributed by atoms with van der Waals surface area (Å²) in [6.07, 6.45) is 6.68. The summed E-state index contributed by atoms with van der Waals surface area (Å²) in [6, 6.07) is 3.35. The number of hydrogen-bond donors (Lipinski definition) is 0. The summed E-state index contributed by atoms with van der Waals surface area (Å²) in [5.74, 6) is -1.17. The monoisotopic (exact) mass is 335 g/mol. The van der Waals surface area contributed by atoms with E-state index in [1.54, 1.807) is 32.2 Å². The summed E-state index contributed by atoms with van der Waals surface area (Å²) in [5.41, 5.74) is 0.481. The first-order chi connectivity index (χ1) is 11.6. The highest BCUT2D eigenvalue weighted by atomic mass is 16.6. The van der Waals surface area contributed by atoms with Crippen LogP contribution in [0.25, 0.3) is 0 Å². The second kappa shape index (κ2) is 9.37. The lowest BCUT2D eigenvalue weighted by Crippen LogP contribution is -2.32. The van der Waals surface area contributed by atoms with E-state index in [-0.39, 0.29) is 12.7 Å². The van der Waals surface area contributed by atoms with E-state index in [4.69, 9.17) is 14.2 Å². The van der Waals surface area contributed by atoms with Gasteiger partial charge in [-0.25, -0.2) is 9.59 Å². The molecule has 0 unspecified atom stereocenters. The van der Waals surface area contributed by atoms with Gasteiger partial charge in [-0.15, -0.1) is 0 Å². The fourth-order valence-electron chi connectivity index (χ4n) is 2.76. The molecule has 0 aliphatic heterocycles. The van der Waals surface area contributed by atoms with E-state index in [1.165, 1.54) is 12.6 Å². The second-order valence-corrected chi connectivity index (χ2v) is 5.89. The van der Waals surface area contributed by atoms with Crippen molar-refractivity contribution >= 4 is 11.9 Å². The molecule has 0 saturated heterocycles. The number of nitrogens with zero attached hydrogens (tertiary/aromatic N) is 1. The van der Waals surface area contributed by atoms with Crippen molar-refractivity contribution in [3.05, 3.63) is 30.1 Å². The van der Waals surface area contributed by atoms with Gasteiger partial charge < -0.3 is 14.2 Å². The summed E-state index contributed by atoms with van der Waals surface area (Å²) < 4.78 is 16.2. The van der Waals surface area contributed by atoms with Gasteiger partial charge in [0, 0.05) is 18.0 Å². The number of aromatic nitrogens is 1. The Balaban J connectivity index is 1.99. The Morgan fingerprint density at radius 1 is 1.25 bits per heavy atom. The lowest BCUT2D eigenvalue weighted by Gasteiger charge is -2.25. The van der Waals surface area contributed by atoms with Crippen molar-refractivity contribution in [3.8, 4) is 0 Å². The molecule has 0 bridgehead atoms. The minimum Gasteiger partial charge on any atom is -0.463 e. The summed E-state index contributed by atoms with van der Waals surface area (Å²) in [5, 5.41) is 0. The fraction of sp³-hybridized carbons (Fsp3) is 0.611. The fourth-order valence-corrected chi connectivity index (χ4v) is 2.76. The minimum absolute atomic E-state index is 0.0840. The lowest BCUT2D eigenvalue weighted by molar-refractivity contribution is -0.177. The Bertz CT molecular complexity index is 527. The molecule has 0 N–H and O–H groups in total. The van der Waals surface area contributed by atoms with Gasteiger partial charge in [0.2, 0.25) is 6.10 Å². The minimum atomic E-state index is -1.12. The zero-order valence-corrected chi connectivity index (χ0v) is 14.3. The Morgan fingerprint density at radius 2 is 2.00 bits per heavy atom. The zero-order chi connectivity index (χ0) is 17.4.